The van der Waals surface area contributed by atoms with Gasteiger partial charge in [-0.05, 0) is 72.5 Å². The second-order valence-electron chi connectivity index (χ2n) is 10.0. The molecular formula is C36H34O8. The van der Waals surface area contributed by atoms with Crippen molar-refractivity contribution in [2.24, 2.45) is 0 Å². The van der Waals surface area contributed by atoms with Crippen LogP contribution in [0.4, 0.5) is 0 Å². The molecular weight excluding hydrogens is 560 g/mol. The highest BCUT2D eigenvalue weighted by molar-refractivity contribution is 6.21. The first-order valence-corrected chi connectivity index (χ1v) is 14.2. The van der Waals surface area contributed by atoms with Gasteiger partial charge in [0, 0.05) is 11.1 Å². The van der Waals surface area contributed by atoms with Gasteiger partial charge in [0.05, 0.1) is 27.4 Å². The number of hydrogen-bond donors (Lipinski definition) is 0. The van der Waals surface area contributed by atoms with Crippen LogP contribution in [-0.2, 0) is 28.7 Å². The molecule has 0 aliphatic heterocycles. The largest absolute Gasteiger partial charge is 0.493 e. The zero-order valence-corrected chi connectivity index (χ0v) is 25.2. The Hall–Kier alpha value is -5.24. The van der Waals surface area contributed by atoms with Crippen molar-refractivity contribution in [2.75, 3.05) is 27.4 Å². The second kappa shape index (κ2) is 14.8. The SMILES string of the molecule is COC(=O)/C(=C\c1c(OCCCCOc2ccc3ccccc3c2/C=C(/C(C)=O)C(=O)OC)ccc2ccccc12)C(C)=O. The molecule has 4 aromatic rings. The Balaban J connectivity index is 1.50. The van der Waals surface area contributed by atoms with Crippen molar-refractivity contribution in [3.8, 4) is 11.5 Å². The number of esters is 2. The average Bonchev–Trinajstić information content (AvgIpc) is 3.03. The van der Waals surface area contributed by atoms with Gasteiger partial charge < -0.3 is 18.9 Å². The number of methoxy groups -OCH3 is 2. The summed E-state index contributed by atoms with van der Waals surface area (Å²) in [6.07, 6.45) is 4.33. The van der Waals surface area contributed by atoms with E-state index in [9.17, 15) is 19.2 Å². The van der Waals surface area contributed by atoms with Gasteiger partial charge in [-0.2, -0.15) is 0 Å². The highest BCUT2D eigenvalue weighted by Gasteiger charge is 2.19. The molecule has 0 radical (unpaired) electrons. The van der Waals surface area contributed by atoms with E-state index in [4.69, 9.17) is 18.9 Å². The monoisotopic (exact) mass is 594 g/mol. The standard InChI is InChI=1S/C36H34O8/c1-23(37)29(35(39)41-3)21-31-27-13-7-5-11-25(27)15-17-33(31)43-19-9-10-20-44-34-18-16-26-12-6-8-14-28(26)32(34)22-30(24(2)38)36(40)42-4/h5-8,11-18,21-22H,9-10,19-20H2,1-4H3/b29-21-,30-22-. The molecule has 0 unspecified atom stereocenters. The fourth-order valence-electron chi connectivity index (χ4n) is 4.79. The molecule has 0 amide bonds. The smallest absolute Gasteiger partial charge is 0.341 e. The normalized spacial score (nSPS) is 11.7. The van der Waals surface area contributed by atoms with Crippen LogP contribution in [0.5, 0.6) is 11.5 Å². The molecule has 0 spiro atoms. The van der Waals surface area contributed by atoms with Crippen molar-refractivity contribution in [1.82, 2.24) is 0 Å². The summed E-state index contributed by atoms with van der Waals surface area (Å²) in [5.41, 5.74) is 1.11. The van der Waals surface area contributed by atoms with E-state index in [1.165, 1.54) is 40.2 Å². The lowest BCUT2D eigenvalue weighted by molar-refractivity contribution is -0.138. The van der Waals surface area contributed by atoms with Crippen molar-refractivity contribution in [3.05, 3.63) is 95.1 Å². The van der Waals surface area contributed by atoms with Crippen molar-refractivity contribution >= 4 is 57.2 Å². The van der Waals surface area contributed by atoms with E-state index in [-0.39, 0.29) is 11.1 Å². The summed E-state index contributed by atoms with van der Waals surface area (Å²) in [5, 5.41) is 3.55. The molecule has 8 heteroatoms. The number of fused-ring (bicyclic) bond motifs is 2. The van der Waals surface area contributed by atoms with Crippen LogP contribution in [0, 0.1) is 0 Å². The molecule has 0 bridgehead atoms. The second-order valence-corrected chi connectivity index (χ2v) is 10.0. The number of ketones is 2. The maximum absolute atomic E-state index is 12.3. The van der Waals surface area contributed by atoms with Gasteiger partial charge >= 0.3 is 11.9 Å². The summed E-state index contributed by atoms with van der Waals surface area (Å²) in [7, 11) is 2.47. The van der Waals surface area contributed by atoms with Crippen molar-refractivity contribution in [1.29, 1.82) is 0 Å². The zero-order valence-electron chi connectivity index (χ0n) is 25.2. The van der Waals surface area contributed by atoms with E-state index >= 15 is 0 Å². The van der Waals surface area contributed by atoms with E-state index in [0.717, 1.165) is 21.5 Å². The van der Waals surface area contributed by atoms with E-state index in [1.807, 2.05) is 72.8 Å². The zero-order chi connectivity index (χ0) is 31.6. The lowest BCUT2D eigenvalue weighted by Crippen LogP contribution is -2.12. The molecule has 0 atom stereocenters. The van der Waals surface area contributed by atoms with Crippen LogP contribution in [0.25, 0.3) is 33.7 Å². The Bertz CT molecular complexity index is 1650. The molecule has 0 aliphatic rings. The molecule has 226 valence electrons. The Morgan fingerprint density at radius 1 is 0.568 bits per heavy atom. The van der Waals surface area contributed by atoms with Crippen LogP contribution in [0.2, 0.25) is 0 Å². The number of carbonyl (C=O) groups excluding carboxylic acids is 4. The van der Waals surface area contributed by atoms with Crippen LogP contribution < -0.4 is 9.47 Å². The van der Waals surface area contributed by atoms with Gasteiger partial charge in [-0.3, -0.25) is 9.59 Å². The first kappa shape index (κ1) is 31.7. The van der Waals surface area contributed by atoms with Gasteiger partial charge in [0.15, 0.2) is 11.6 Å². The fraction of sp³-hybridized carbons (Fsp3) is 0.222. The first-order chi connectivity index (χ1) is 21.2. The maximum Gasteiger partial charge on any atom is 0.341 e. The lowest BCUT2D eigenvalue weighted by atomic mass is 10.00. The van der Waals surface area contributed by atoms with E-state index < -0.39 is 23.5 Å². The third-order valence-electron chi connectivity index (χ3n) is 7.06. The minimum Gasteiger partial charge on any atom is -0.493 e. The minimum absolute atomic E-state index is 0.0672. The van der Waals surface area contributed by atoms with E-state index in [1.54, 1.807) is 0 Å². The van der Waals surface area contributed by atoms with E-state index in [0.29, 0.717) is 48.7 Å². The summed E-state index contributed by atoms with van der Waals surface area (Å²) in [4.78, 5) is 49.0. The maximum atomic E-state index is 12.3. The summed E-state index contributed by atoms with van der Waals surface area (Å²) in [6, 6.07) is 22.8. The third kappa shape index (κ3) is 7.39. The molecule has 8 nitrogen and oxygen atoms in total. The summed E-state index contributed by atoms with van der Waals surface area (Å²) in [5.74, 6) is -1.16. The lowest BCUT2D eigenvalue weighted by Gasteiger charge is -2.14. The Kier molecular flexibility index (Phi) is 10.6. The third-order valence-corrected chi connectivity index (χ3v) is 7.06. The van der Waals surface area contributed by atoms with Gasteiger partial charge in [0.1, 0.15) is 22.6 Å². The number of ether oxygens (including phenoxy) is 4. The van der Waals surface area contributed by atoms with Crippen molar-refractivity contribution < 1.29 is 38.1 Å². The van der Waals surface area contributed by atoms with Crippen LogP contribution in [0.1, 0.15) is 37.8 Å². The average molecular weight is 595 g/mol. The number of hydrogen-bond acceptors (Lipinski definition) is 8. The summed E-state index contributed by atoms with van der Waals surface area (Å²) in [6.45, 7) is 3.36. The van der Waals surface area contributed by atoms with E-state index in [2.05, 4.69) is 0 Å². The highest BCUT2D eigenvalue weighted by atomic mass is 16.5. The summed E-state index contributed by atoms with van der Waals surface area (Å²) < 4.78 is 21.9. The molecule has 0 saturated heterocycles. The van der Waals surface area contributed by atoms with Gasteiger partial charge in [-0.15, -0.1) is 0 Å². The molecule has 0 heterocycles. The molecule has 4 rings (SSSR count). The van der Waals surface area contributed by atoms with Crippen LogP contribution in [-0.4, -0.2) is 50.9 Å². The highest BCUT2D eigenvalue weighted by Crippen LogP contribution is 2.32. The topological polar surface area (TPSA) is 105 Å². The number of benzene rings is 4. The van der Waals surface area contributed by atoms with Crippen LogP contribution in [0.15, 0.2) is 83.9 Å². The molecule has 0 aliphatic carbocycles. The van der Waals surface area contributed by atoms with Gasteiger partial charge in [-0.25, -0.2) is 9.59 Å². The quantitative estimate of drug-likeness (QED) is 0.0566. The van der Waals surface area contributed by atoms with Crippen LogP contribution >= 0.6 is 0 Å². The molecule has 44 heavy (non-hydrogen) atoms. The van der Waals surface area contributed by atoms with Gasteiger partial charge in [-0.1, -0.05) is 60.7 Å². The molecule has 4 aromatic carbocycles. The molecule has 0 fully saturated rings. The van der Waals surface area contributed by atoms with Crippen molar-refractivity contribution in [3.63, 3.8) is 0 Å². The Morgan fingerprint density at radius 2 is 0.955 bits per heavy atom. The predicted molar refractivity (Wildman–Crippen MR) is 169 cm³/mol. The number of unbranched alkanes of at least 4 members (excludes halogenated alkanes) is 1. The number of rotatable bonds is 13. The summed E-state index contributed by atoms with van der Waals surface area (Å²) >= 11 is 0. The predicted octanol–water partition coefficient (Wildman–Crippen LogP) is 6.52. The number of Topliss-reactive ketones (excluding diaryl/α,β-unsaturated/α-hetero) is 2. The number of carbonyl (C=O) groups is 4. The van der Waals surface area contributed by atoms with Gasteiger partial charge in [0.2, 0.25) is 0 Å². The Labute approximate surface area is 255 Å². The molecule has 0 N–H and O–H groups in total. The first-order valence-electron chi connectivity index (χ1n) is 14.2. The Morgan fingerprint density at radius 3 is 1.32 bits per heavy atom. The van der Waals surface area contributed by atoms with Gasteiger partial charge in [0.25, 0.3) is 0 Å². The van der Waals surface area contributed by atoms with Crippen LogP contribution in [0.3, 0.4) is 0 Å². The molecule has 0 aromatic heterocycles. The fourth-order valence-corrected chi connectivity index (χ4v) is 4.79. The molecule has 0 saturated carbocycles. The minimum atomic E-state index is -0.710. The van der Waals surface area contributed by atoms with Crippen molar-refractivity contribution in [2.45, 2.75) is 26.7 Å².